The molecule has 19 heteroatoms. The molecule has 0 fully saturated rings. The first-order chi connectivity index (χ1) is 42.0. The van der Waals surface area contributed by atoms with Crippen LogP contribution in [-0.2, 0) is 28.6 Å². The van der Waals surface area contributed by atoms with Crippen LogP contribution in [0.5, 0.6) is 11.5 Å². The van der Waals surface area contributed by atoms with Crippen LogP contribution in [0.15, 0.2) is 52.1 Å². The highest BCUT2D eigenvalue weighted by atomic mass is 32.2. The van der Waals surface area contributed by atoms with Gasteiger partial charge in [0.1, 0.15) is 18.1 Å². The van der Waals surface area contributed by atoms with Crippen molar-refractivity contribution in [1.29, 1.82) is 0 Å². The molecule has 3 aromatic rings. The Balaban J connectivity index is 1.46. The maximum absolute atomic E-state index is 13.5. The van der Waals surface area contributed by atoms with Crippen LogP contribution in [0, 0.1) is 11.8 Å². The van der Waals surface area contributed by atoms with E-state index in [1.807, 2.05) is 24.3 Å². The first-order valence-electron chi connectivity index (χ1n) is 33.1. The van der Waals surface area contributed by atoms with Gasteiger partial charge >= 0.3 is 0 Å². The van der Waals surface area contributed by atoms with Crippen LogP contribution in [0.2, 0.25) is 0 Å². The van der Waals surface area contributed by atoms with E-state index in [-0.39, 0.29) is 98.9 Å². The normalized spacial score (nSPS) is 12.0. The Morgan fingerprint density at radius 2 is 0.884 bits per heavy atom. The molecule has 0 radical (unpaired) electrons. The van der Waals surface area contributed by atoms with E-state index in [9.17, 15) is 24.0 Å². The summed E-state index contributed by atoms with van der Waals surface area (Å²) in [6, 6.07) is 12.1. The lowest BCUT2D eigenvalue weighted by Gasteiger charge is -2.17. The molecular formula is C67H111N7O11S. The fourth-order valence-electron chi connectivity index (χ4n) is 9.73. The second-order valence-electron chi connectivity index (χ2n) is 22.6. The molecule has 486 valence electrons. The first-order valence-corrected chi connectivity index (χ1v) is 34.0. The molecule has 0 spiro atoms. The summed E-state index contributed by atoms with van der Waals surface area (Å²) in [4.78, 5) is 66.2. The number of amides is 5. The number of rotatable bonds is 55. The zero-order valence-electron chi connectivity index (χ0n) is 53.6. The third kappa shape index (κ3) is 36.2. The standard InChI is InChI=1S/C67H111N7O11S/c1-7-11-15-19-21-25-30-54(28-23-17-13-9-3)62(76)69-37-45-81-47-39-71-64(78)57-50-58(65(79)72-40-48-82-46-38-70-63(77)55(29-24-18-14-10-4)31-26-22-20-16-12-8-2)52-60(51-57)84-49-41-68-61(75)36-44-80-42-27-43-83-59-34-32-56(33-35-59)66-73-74-67(85-66)86-53(5)6/h32-35,50-55H,7-31,36-49H2,1-6H3,(H,68,75)(H,69,76)(H,70,77)(H,71,78)(H,72,79). The van der Waals surface area contributed by atoms with Gasteiger partial charge in [0.05, 0.1) is 46.2 Å². The van der Waals surface area contributed by atoms with Gasteiger partial charge in [0, 0.05) is 79.4 Å². The topological polar surface area (TPSA) is 231 Å². The van der Waals surface area contributed by atoms with Crippen molar-refractivity contribution in [2.24, 2.45) is 11.8 Å². The number of aromatic nitrogens is 2. The van der Waals surface area contributed by atoms with Crippen LogP contribution < -0.4 is 36.1 Å². The molecule has 1 heterocycles. The largest absolute Gasteiger partial charge is 0.494 e. The number of hydrogen-bond donors (Lipinski definition) is 5. The van der Waals surface area contributed by atoms with E-state index in [2.05, 4.69) is 78.3 Å². The Bertz CT molecular complexity index is 2160. The number of benzene rings is 2. The molecule has 2 atom stereocenters. The predicted octanol–water partition coefficient (Wildman–Crippen LogP) is 13.0. The molecule has 86 heavy (non-hydrogen) atoms. The Morgan fingerprint density at radius 1 is 0.453 bits per heavy atom. The van der Waals surface area contributed by atoms with Crippen molar-refractivity contribution in [1.82, 2.24) is 36.8 Å². The van der Waals surface area contributed by atoms with Crippen LogP contribution >= 0.6 is 11.8 Å². The van der Waals surface area contributed by atoms with Crippen LogP contribution in [-0.4, -0.2) is 131 Å². The summed E-state index contributed by atoms with van der Waals surface area (Å²) in [5.41, 5.74) is 1.23. The maximum atomic E-state index is 13.5. The van der Waals surface area contributed by atoms with Gasteiger partial charge in [0.2, 0.25) is 23.6 Å². The number of hydrogen-bond acceptors (Lipinski definition) is 14. The van der Waals surface area contributed by atoms with Crippen molar-refractivity contribution < 1.29 is 52.1 Å². The predicted molar refractivity (Wildman–Crippen MR) is 344 cm³/mol. The lowest BCUT2D eigenvalue weighted by atomic mass is 9.93. The zero-order chi connectivity index (χ0) is 62.1. The second-order valence-corrected chi connectivity index (χ2v) is 24.1. The first kappa shape index (κ1) is 75.0. The summed E-state index contributed by atoms with van der Waals surface area (Å²) in [5.74, 6) is 0.608. The van der Waals surface area contributed by atoms with Gasteiger partial charge < -0.3 is 54.7 Å². The van der Waals surface area contributed by atoms with Gasteiger partial charge in [-0.15, -0.1) is 10.2 Å². The van der Waals surface area contributed by atoms with Crippen LogP contribution in [0.1, 0.15) is 229 Å². The fourth-order valence-corrected chi connectivity index (χ4v) is 10.4. The van der Waals surface area contributed by atoms with Crippen molar-refractivity contribution in [2.75, 3.05) is 85.6 Å². The SMILES string of the molecule is CCCCCCCCC(CCCCCC)C(=O)NCCOCCNC(=O)c1cc(OCCNC(=O)CCOCCCOc2ccc(-c3nnc(SC(C)C)o3)cc2)cc(C(=O)NCCOCCNC(=O)C(CCCCCC)CCCCCCCC)c1. The summed E-state index contributed by atoms with van der Waals surface area (Å²) < 4.78 is 34.9. The molecular weight excluding hydrogens is 1110 g/mol. The van der Waals surface area contributed by atoms with Gasteiger partial charge in [0.25, 0.3) is 17.0 Å². The van der Waals surface area contributed by atoms with E-state index in [4.69, 9.17) is 28.1 Å². The van der Waals surface area contributed by atoms with E-state index in [0.717, 1.165) is 95.5 Å². The van der Waals surface area contributed by atoms with Crippen molar-refractivity contribution in [3.05, 3.63) is 53.6 Å². The summed E-state index contributed by atoms with van der Waals surface area (Å²) in [6.07, 6.45) is 27.9. The average molecular weight is 1220 g/mol. The highest BCUT2D eigenvalue weighted by Gasteiger charge is 2.20. The van der Waals surface area contributed by atoms with Gasteiger partial charge in [-0.25, -0.2) is 0 Å². The molecule has 0 aliphatic heterocycles. The maximum Gasteiger partial charge on any atom is 0.277 e. The lowest BCUT2D eigenvalue weighted by molar-refractivity contribution is -0.126. The smallest absolute Gasteiger partial charge is 0.277 e. The van der Waals surface area contributed by atoms with E-state index < -0.39 is 11.8 Å². The lowest BCUT2D eigenvalue weighted by Crippen LogP contribution is -2.34. The Kier molecular flexibility index (Phi) is 43.4. The van der Waals surface area contributed by atoms with E-state index in [1.54, 1.807) is 12.1 Å². The number of thioether (sulfide) groups is 1. The molecule has 0 bridgehead atoms. The minimum absolute atomic E-state index is 0.0169. The minimum Gasteiger partial charge on any atom is -0.494 e. The van der Waals surface area contributed by atoms with Crippen LogP contribution in [0.4, 0.5) is 0 Å². The zero-order valence-corrected chi connectivity index (χ0v) is 54.5. The third-order valence-electron chi connectivity index (χ3n) is 14.7. The van der Waals surface area contributed by atoms with E-state index in [1.165, 1.54) is 82.0 Å². The summed E-state index contributed by atoms with van der Waals surface area (Å²) >= 11 is 1.52. The highest BCUT2D eigenvalue weighted by Crippen LogP contribution is 2.27. The van der Waals surface area contributed by atoms with Crippen molar-refractivity contribution in [3.63, 3.8) is 0 Å². The second kappa shape index (κ2) is 49.7. The number of nitrogens with zero attached hydrogens (tertiary/aromatic N) is 2. The van der Waals surface area contributed by atoms with Crippen molar-refractivity contribution in [3.8, 4) is 23.0 Å². The molecule has 0 saturated carbocycles. The summed E-state index contributed by atoms with van der Waals surface area (Å²) in [7, 11) is 0. The molecule has 5 amide bonds. The Hall–Kier alpha value is -5.24. The van der Waals surface area contributed by atoms with Crippen molar-refractivity contribution >= 4 is 41.3 Å². The van der Waals surface area contributed by atoms with Crippen LogP contribution in [0.3, 0.4) is 0 Å². The third-order valence-corrected chi connectivity index (χ3v) is 15.5. The quantitative estimate of drug-likeness (QED) is 0.0262. The number of ether oxygens (including phenoxy) is 5. The number of unbranched alkanes of at least 4 members (excludes halogenated alkanes) is 16. The molecule has 0 aliphatic rings. The average Bonchev–Trinajstić information content (AvgIpc) is 4.16. The number of nitrogens with one attached hydrogen (secondary N) is 5. The fraction of sp³-hybridized carbons (Fsp3) is 0.716. The molecule has 0 saturated heterocycles. The van der Waals surface area contributed by atoms with Gasteiger partial charge in [0.15, 0.2) is 0 Å². The Morgan fingerprint density at radius 3 is 1.37 bits per heavy atom. The van der Waals surface area contributed by atoms with Gasteiger partial charge in [-0.1, -0.05) is 182 Å². The molecule has 2 unspecified atom stereocenters. The molecule has 0 aliphatic carbocycles. The van der Waals surface area contributed by atoms with Gasteiger partial charge in [-0.05, 0) is 68.1 Å². The molecule has 1 aromatic heterocycles. The summed E-state index contributed by atoms with van der Waals surface area (Å²) in [6.45, 7) is 16.6. The monoisotopic (exact) mass is 1220 g/mol. The van der Waals surface area contributed by atoms with Crippen molar-refractivity contribution in [2.45, 2.75) is 219 Å². The van der Waals surface area contributed by atoms with Gasteiger partial charge in [-0.2, -0.15) is 0 Å². The molecule has 2 aromatic carbocycles. The highest BCUT2D eigenvalue weighted by molar-refractivity contribution is 7.99. The minimum atomic E-state index is -0.423. The van der Waals surface area contributed by atoms with E-state index >= 15 is 0 Å². The van der Waals surface area contributed by atoms with Gasteiger partial charge in [-0.3, -0.25) is 24.0 Å². The number of carbonyl (C=O) groups excluding carboxylic acids is 5. The van der Waals surface area contributed by atoms with Crippen LogP contribution in [0.25, 0.3) is 11.5 Å². The Labute approximate surface area is 520 Å². The molecule has 3 rings (SSSR count). The van der Waals surface area contributed by atoms with E-state index in [0.29, 0.717) is 68.1 Å². The summed E-state index contributed by atoms with van der Waals surface area (Å²) in [5, 5.41) is 23.8. The number of carbonyl (C=O) groups is 5. The molecule has 18 nitrogen and oxygen atoms in total. The molecule has 5 N–H and O–H groups in total.